The fourth-order valence-corrected chi connectivity index (χ4v) is 2.05. The van der Waals surface area contributed by atoms with Gasteiger partial charge in [0.25, 0.3) is 0 Å². The Hall–Kier alpha value is -1.75. The highest BCUT2D eigenvalue weighted by Gasteiger charge is 2.28. The molecule has 5 heteroatoms. The van der Waals surface area contributed by atoms with Gasteiger partial charge in [0.2, 0.25) is 0 Å². The number of nitrogen functional groups attached to an aromatic ring is 1. The van der Waals surface area contributed by atoms with Crippen LogP contribution in [0, 0.1) is 0 Å². The molecule has 0 aliphatic carbocycles. The van der Waals surface area contributed by atoms with E-state index in [1.54, 1.807) is 6.07 Å². The Kier molecular flexibility index (Phi) is 2.70. The van der Waals surface area contributed by atoms with E-state index in [1.165, 1.54) is 12.0 Å². The van der Waals surface area contributed by atoms with Crippen LogP contribution >= 0.6 is 0 Å². The quantitative estimate of drug-likeness (QED) is 0.633. The number of methoxy groups -OCH3 is 1. The van der Waals surface area contributed by atoms with Crippen LogP contribution in [0.1, 0.15) is 5.56 Å². The van der Waals surface area contributed by atoms with Gasteiger partial charge in [0.1, 0.15) is 0 Å². The first-order valence-electron chi connectivity index (χ1n) is 5.12. The van der Waals surface area contributed by atoms with Crippen LogP contribution in [0.25, 0.3) is 0 Å². The maximum absolute atomic E-state index is 11.6. The number of fused-ring (bicyclic) bond motifs is 1. The zero-order valence-electron chi connectivity index (χ0n) is 9.14. The molecular weight excluding hydrogens is 206 g/mol. The molecule has 1 aliphatic heterocycles. The van der Waals surface area contributed by atoms with Crippen molar-refractivity contribution in [1.29, 1.82) is 0 Å². The lowest BCUT2D eigenvalue weighted by Crippen LogP contribution is -2.46. The Morgan fingerprint density at radius 1 is 1.56 bits per heavy atom. The van der Waals surface area contributed by atoms with Gasteiger partial charge in [-0.3, -0.25) is 4.90 Å². The van der Waals surface area contributed by atoms with Crippen LogP contribution in [0.5, 0.6) is 0 Å². The SMILES string of the molecule is COC(=O)N1C[C@H](N)Cc2cccc(N)c21. The predicted molar refractivity (Wildman–Crippen MR) is 62.3 cm³/mol. The fourth-order valence-electron chi connectivity index (χ4n) is 2.05. The fraction of sp³-hybridized carbons (Fsp3) is 0.364. The molecule has 4 N–H and O–H groups in total. The van der Waals surface area contributed by atoms with Crippen molar-refractivity contribution in [1.82, 2.24) is 0 Å². The average Bonchev–Trinajstić information content (AvgIpc) is 2.27. The Bertz CT molecular complexity index is 420. The molecule has 16 heavy (non-hydrogen) atoms. The molecule has 0 aromatic heterocycles. The van der Waals surface area contributed by atoms with Crippen molar-refractivity contribution in [3.05, 3.63) is 23.8 Å². The number of hydrogen-bond donors (Lipinski definition) is 2. The summed E-state index contributed by atoms with van der Waals surface area (Å²) in [5.74, 6) is 0. The number of carbonyl (C=O) groups excluding carboxylic acids is 1. The van der Waals surface area contributed by atoms with Crippen molar-refractivity contribution in [2.24, 2.45) is 5.73 Å². The summed E-state index contributed by atoms with van der Waals surface area (Å²) in [6.45, 7) is 0.438. The zero-order valence-corrected chi connectivity index (χ0v) is 9.14. The first kappa shape index (κ1) is 10.8. The average molecular weight is 221 g/mol. The first-order chi connectivity index (χ1) is 7.63. The van der Waals surface area contributed by atoms with Crippen LogP contribution in [0.3, 0.4) is 0 Å². The molecule has 0 spiro atoms. The molecule has 1 aliphatic rings. The lowest BCUT2D eigenvalue weighted by molar-refractivity contribution is 0.177. The second-order valence-electron chi connectivity index (χ2n) is 3.90. The number of benzene rings is 1. The summed E-state index contributed by atoms with van der Waals surface area (Å²) < 4.78 is 4.73. The molecule has 1 aromatic rings. The van der Waals surface area contributed by atoms with E-state index in [0.29, 0.717) is 12.2 Å². The Morgan fingerprint density at radius 3 is 3.00 bits per heavy atom. The second-order valence-corrected chi connectivity index (χ2v) is 3.90. The van der Waals surface area contributed by atoms with Crippen LogP contribution in [0.4, 0.5) is 16.2 Å². The Morgan fingerprint density at radius 2 is 2.31 bits per heavy atom. The molecule has 0 saturated heterocycles. The number of nitrogens with zero attached hydrogens (tertiary/aromatic N) is 1. The number of carbonyl (C=O) groups is 1. The number of para-hydroxylation sites is 1. The maximum atomic E-state index is 11.6. The molecule has 0 radical (unpaired) electrons. The molecule has 1 amide bonds. The van der Waals surface area contributed by atoms with Crippen LogP contribution < -0.4 is 16.4 Å². The number of ether oxygens (including phenoxy) is 1. The summed E-state index contributed by atoms with van der Waals surface area (Å²) in [7, 11) is 1.35. The summed E-state index contributed by atoms with van der Waals surface area (Å²) in [5.41, 5.74) is 14.1. The minimum atomic E-state index is -0.422. The van der Waals surface area contributed by atoms with E-state index < -0.39 is 6.09 Å². The van der Waals surface area contributed by atoms with Crippen molar-refractivity contribution < 1.29 is 9.53 Å². The van der Waals surface area contributed by atoms with Crippen LogP contribution in [-0.2, 0) is 11.2 Å². The van der Waals surface area contributed by atoms with E-state index in [9.17, 15) is 4.79 Å². The normalized spacial score (nSPS) is 19.1. The van der Waals surface area contributed by atoms with Gasteiger partial charge in [-0.2, -0.15) is 0 Å². The van der Waals surface area contributed by atoms with E-state index in [0.717, 1.165) is 17.7 Å². The minimum absolute atomic E-state index is 0.0756. The molecule has 86 valence electrons. The van der Waals surface area contributed by atoms with Crippen LogP contribution in [0.2, 0.25) is 0 Å². The number of nitrogens with two attached hydrogens (primary N) is 2. The van der Waals surface area contributed by atoms with Crippen molar-refractivity contribution in [3.63, 3.8) is 0 Å². The van der Waals surface area contributed by atoms with Crippen molar-refractivity contribution in [3.8, 4) is 0 Å². The van der Waals surface area contributed by atoms with Gasteiger partial charge < -0.3 is 16.2 Å². The van der Waals surface area contributed by atoms with E-state index in [4.69, 9.17) is 16.2 Å². The van der Waals surface area contributed by atoms with Crippen molar-refractivity contribution >= 4 is 17.5 Å². The van der Waals surface area contributed by atoms with E-state index in [1.807, 2.05) is 12.1 Å². The zero-order chi connectivity index (χ0) is 11.7. The molecular formula is C11H15N3O2. The van der Waals surface area contributed by atoms with E-state index in [2.05, 4.69) is 0 Å². The Labute approximate surface area is 94.0 Å². The van der Waals surface area contributed by atoms with Crippen molar-refractivity contribution in [2.75, 3.05) is 24.3 Å². The highest BCUT2D eigenvalue weighted by Crippen LogP contribution is 2.32. The van der Waals surface area contributed by atoms with Crippen LogP contribution in [0.15, 0.2) is 18.2 Å². The lowest BCUT2D eigenvalue weighted by atomic mass is 9.98. The monoisotopic (exact) mass is 221 g/mol. The van der Waals surface area contributed by atoms with Gasteiger partial charge in [0.05, 0.1) is 18.5 Å². The lowest BCUT2D eigenvalue weighted by Gasteiger charge is -2.32. The number of amides is 1. The van der Waals surface area contributed by atoms with Gasteiger partial charge in [0, 0.05) is 12.6 Å². The maximum Gasteiger partial charge on any atom is 0.414 e. The molecule has 0 bridgehead atoms. The molecule has 0 saturated carbocycles. The molecule has 1 heterocycles. The third-order valence-corrected chi connectivity index (χ3v) is 2.71. The summed E-state index contributed by atoms with van der Waals surface area (Å²) in [6.07, 6.45) is 0.308. The Balaban J connectivity index is 2.47. The van der Waals surface area contributed by atoms with Gasteiger partial charge in [-0.1, -0.05) is 12.1 Å². The van der Waals surface area contributed by atoms with Crippen molar-refractivity contribution in [2.45, 2.75) is 12.5 Å². The summed E-state index contributed by atoms with van der Waals surface area (Å²) in [5, 5.41) is 0. The molecule has 1 atom stereocenters. The van der Waals surface area contributed by atoms with E-state index in [-0.39, 0.29) is 6.04 Å². The molecule has 0 fully saturated rings. The molecule has 1 aromatic carbocycles. The first-order valence-corrected chi connectivity index (χ1v) is 5.12. The van der Waals surface area contributed by atoms with Gasteiger partial charge in [-0.05, 0) is 18.1 Å². The number of rotatable bonds is 0. The second kappa shape index (κ2) is 4.02. The standard InChI is InChI=1S/C11H15N3O2/c1-16-11(15)14-6-8(12)5-7-3-2-4-9(13)10(7)14/h2-4,8H,5-6,12-13H2,1H3/t8-/m1/s1. The van der Waals surface area contributed by atoms with Gasteiger partial charge in [-0.15, -0.1) is 0 Å². The predicted octanol–water partition coefficient (Wildman–Crippen LogP) is 0.725. The smallest absolute Gasteiger partial charge is 0.414 e. The molecule has 2 rings (SSSR count). The van der Waals surface area contributed by atoms with Crippen LogP contribution in [-0.4, -0.2) is 25.8 Å². The van der Waals surface area contributed by atoms with Gasteiger partial charge in [-0.25, -0.2) is 4.79 Å². The molecule has 0 unspecified atom stereocenters. The van der Waals surface area contributed by atoms with E-state index >= 15 is 0 Å². The topological polar surface area (TPSA) is 81.6 Å². The number of anilines is 2. The summed E-state index contributed by atoms with van der Waals surface area (Å²) >= 11 is 0. The summed E-state index contributed by atoms with van der Waals surface area (Å²) in [6, 6.07) is 5.49. The largest absolute Gasteiger partial charge is 0.452 e. The minimum Gasteiger partial charge on any atom is -0.452 e. The third kappa shape index (κ3) is 1.69. The van der Waals surface area contributed by atoms with Gasteiger partial charge >= 0.3 is 6.09 Å². The highest BCUT2D eigenvalue weighted by molar-refractivity contribution is 5.93. The highest BCUT2D eigenvalue weighted by atomic mass is 16.5. The third-order valence-electron chi connectivity index (χ3n) is 2.71. The van der Waals surface area contributed by atoms with Gasteiger partial charge in [0.15, 0.2) is 0 Å². The summed E-state index contributed by atoms with van der Waals surface area (Å²) in [4.78, 5) is 13.1. The molecule has 5 nitrogen and oxygen atoms in total. The number of hydrogen-bond acceptors (Lipinski definition) is 4.